The fraction of sp³-hybridized carbons (Fsp3) is 1.00. The van der Waals surface area contributed by atoms with Crippen LogP contribution in [0.5, 0.6) is 0 Å². The van der Waals surface area contributed by atoms with Gasteiger partial charge >= 0.3 is 0 Å². The molecule has 0 aliphatic heterocycles. The Morgan fingerprint density at radius 3 is 2.35 bits per heavy atom. The molecular formula is C13H25BrO3. The molecule has 0 aromatic heterocycles. The van der Waals surface area contributed by atoms with Gasteiger partial charge in [-0.3, -0.25) is 0 Å². The maximum atomic E-state index is 6.04. The van der Waals surface area contributed by atoms with Crippen molar-refractivity contribution in [2.24, 2.45) is 5.92 Å². The molecule has 0 aromatic carbocycles. The third-order valence-electron chi connectivity index (χ3n) is 3.50. The Kier molecular flexibility index (Phi) is 7.67. The van der Waals surface area contributed by atoms with Crippen molar-refractivity contribution < 1.29 is 14.2 Å². The summed E-state index contributed by atoms with van der Waals surface area (Å²) >= 11 is 3.60. The zero-order valence-corrected chi connectivity index (χ0v) is 12.6. The molecule has 0 radical (unpaired) electrons. The van der Waals surface area contributed by atoms with Crippen LogP contribution in [0.15, 0.2) is 0 Å². The van der Waals surface area contributed by atoms with Crippen LogP contribution in [-0.4, -0.2) is 44.5 Å². The molecule has 1 aliphatic rings. The van der Waals surface area contributed by atoms with Crippen LogP contribution in [0, 0.1) is 5.92 Å². The summed E-state index contributed by atoms with van der Waals surface area (Å²) in [5.74, 6) is 0.851. The number of halogens is 1. The minimum Gasteiger partial charge on any atom is -0.382 e. The summed E-state index contributed by atoms with van der Waals surface area (Å²) < 4.78 is 16.4. The lowest BCUT2D eigenvalue weighted by Crippen LogP contribution is -2.39. The van der Waals surface area contributed by atoms with Gasteiger partial charge in [0.2, 0.25) is 0 Å². The van der Waals surface area contributed by atoms with Gasteiger partial charge in [-0.25, -0.2) is 0 Å². The van der Waals surface area contributed by atoms with E-state index in [1.165, 1.54) is 12.8 Å². The minimum atomic E-state index is 0.0527. The molecule has 0 saturated heterocycles. The van der Waals surface area contributed by atoms with Crippen molar-refractivity contribution in [1.82, 2.24) is 0 Å². The molecule has 0 bridgehead atoms. The Balaban J connectivity index is 2.14. The zero-order valence-electron chi connectivity index (χ0n) is 11.0. The van der Waals surface area contributed by atoms with Crippen molar-refractivity contribution in [3.05, 3.63) is 0 Å². The Morgan fingerprint density at radius 1 is 1.12 bits per heavy atom. The van der Waals surface area contributed by atoms with Crippen LogP contribution in [0.1, 0.15) is 32.6 Å². The molecule has 0 heterocycles. The van der Waals surface area contributed by atoms with Crippen LogP contribution < -0.4 is 0 Å². The first-order valence-electron chi connectivity index (χ1n) is 6.49. The van der Waals surface area contributed by atoms with Gasteiger partial charge in [-0.1, -0.05) is 22.9 Å². The molecule has 4 heteroatoms. The molecule has 1 aliphatic carbocycles. The van der Waals surface area contributed by atoms with Crippen LogP contribution in [0.3, 0.4) is 0 Å². The van der Waals surface area contributed by atoms with Gasteiger partial charge in [0.1, 0.15) is 0 Å². The lowest BCUT2D eigenvalue weighted by molar-refractivity contribution is -0.0800. The third kappa shape index (κ3) is 5.69. The number of methoxy groups -OCH3 is 1. The maximum Gasteiger partial charge on any atom is 0.0780 e. The monoisotopic (exact) mass is 308 g/mol. The molecule has 3 nitrogen and oxygen atoms in total. The van der Waals surface area contributed by atoms with Gasteiger partial charge in [0.15, 0.2) is 0 Å². The van der Waals surface area contributed by atoms with Crippen molar-refractivity contribution in [3.8, 4) is 0 Å². The highest BCUT2D eigenvalue weighted by Gasteiger charge is 2.33. The molecule has 0 aromatic rings. The fourth-order valence-electron chi connectivity index (χ4n) is 2.17. The van der Waals surface area contributed by atoms with Gasteiger partial charge in [-0.15, -0.1) is 0 Å². The Hall–Kier alpha value is 0.360. The molecule has 1 saturated carbocycles. The number of hydrogen-bond donors (Lipinski definition) is 0. The van der Waals surface area contributed by atoms with Crippen LogP contribution >= 0.6 is 15.9 Å². The van der Waals surface area contributed by atoms with Crippen molar-refractivity contribution in [2.45, 2.75) is 38.2 Å². The minimum absolute atomic E-state index is 0.0527. The lowest BCUT2D eigenvalue weighted by atomic mass is 9.80. The van der Waals surface area contributed by atoms with E-state index in [4.69, 9.17) is 14.2 Å². The van der Waals surface area contributed by atoms with Crippen LogP contribution in [0.25, 0.3) is 0 Å². The summed E-state index contributed by atoms with van der Waals surface area (Å²) in [5.41, 5.74) is 0.0527. The second kappa shape index (κ2) is 8.46. The van der Waals surface area contributed by atoms with E-state index in [1.54, 1.807) is 7.11 Å². The molecule has 0 N–H and O–H groups in total. The summed E-state index contributed by atoms with van der Waals surface area (Å²) in [6.07, 6.45) is 4.88. The first-order chi connectivity index (χ1) is 8.22. The Morgan fingerprint density at radius 2 is 1.76 bits per heavy atom. The van der Waals surface area contributed by atoms with E-state index >= 15 is 0 Å². The standard InChI is InChI=1S/C13H25BrO3/c1-12-3-5-13(11-14,6-4-12)17-10-9-16-8-7-15-2/h12H,3-11H2,1-2H3. The van der Waals surface area contributed by atoms with Crippen LogP contribution in [0.2, 0.25) is 0 Å². The lowest BCUT2D eigenvalue weighted by Gasteiger charge is -2.38. The summed E-state index contributed by atoms with van der Waals surface area (Å²) in [4.78, 5) is 0. The largest absolute Gasteiger partial charge is 0.382 e. The van der Waals surface area contributed by atoms with Gasteiger partial charge in [-0.05, 0) is 31.6 Å². The highest BCUT2D eigenvalue weighted by atomic mass is 79.9. The van der Waals surface area contributed by atoms with Gasteiger partial charge in [0.05, 0.1) is 32.0 Å². The van der Waals surface area contributed by atoms with Crippen LogP contribution in [0.4, 0.5) is 0 Å². The normalized spacial score (nSPS) is 29.5. The zero-order chi connectivity index (χ0) is 12.6. The number of rotatable bonds is 8. The van der Waals surface area contributed by atoms with E-state index in [9.17, 15) is 0 Å². The number of hydrogen-bond acceptors (Lipinski definition) is 3. The molecule has 0 unspecified atom stereocenters. The topological polar surface area (TPSA) is 27.7 Å². The average molecular weight is 309 g/mol. The van der Waals surface area contributed by atoms with Gasteiger partial charge in [0, 0.05) is 12.4 Å². The molecule has 102 valence electrons. The maximum absolute atomic E-state index is 6.04. The van der Waals surface area contributed by atoms with E-state index in [1.807, 2.05) is 0 Å². The first-order valence-corrected chi connectivity index (χ1v) is 7.61. The summed E-state index contributed by atoms with van der Waals surface area (Å²) in [6, 6.07) is 0. The van der Waals surface area contributed by atoms with E-state index in [2.05, 4.69) is 22.9 Å². The predicted molar refractivity (Wildman–Crippen MR) is 72.8 cm³/mol. The van der Waals surface area contributed by atoms with Crippen molar-refractivity contribution >= 4 is 15.9 Å². The van der Waals surface area contributed by atoms with Crippen molar-refractivity contribution in [1.29, 1.82) is 0 Å². The molecular weight excluding hydrogens is 284 g/mol. The molecule has 0 spiro atoms. The second-order valence-electron chi connectivity index (χ2n) is 4.95. The third-order valence-corrected chi connectivity index (χ3v) is 4.52. The van der Waals surface area contributed by atoms with Crippen LogP contribution in [-0.2, 0) is 14.2 Å². The fourth-order valence-corrected chi connectivity index (χ4v) is 2.89. The summed E-state index contributed by atoms with van der Waals surface area (Å²) in [6.45, 7) is 4.97. The number of ether oxygens (including phenoxy) is 3. The number of alkyl halides is 1. The SMILES string of the molecule is COCCOCCOC1(CBr)CCC(C)CC1. The Labute approximate surface area is 113 Å². The second-order valence-corrected chi connectivity index (χ2v) is 5.51. The average Bonchev–Trinajstić information content (AvgIpc) is 2.36. The Bertz CT molecular complexity index is 191. The quantitative estimate of drug-likeness (QED) is 0.509. The summed E-state index contributed by atoms with van der Waals surface area (Å²) in [5, 5.41) is 0.935. The molecule has 0 atom stereocenters. The predicted octanol–water partition coefficient (Wildman–Crippen LogP) is 3.01. The van der Waals surface area contributed by atoms with E-state index in [0.29, 0.717) is 26.4 Å². The van der Waals surface area contributed by atoms with Gasteiger partial charge < -0.3 is 14.2 Å². The van der Waals surface area contributed by atoms with Crippen molar-refractivity contribution in [2.75, 3.05) is 38.9 Å². The highest BCUT2D eigenvalue weighted by molar-refractivity contribution is 9.09. The molecule has 1 rings (SSSR count). The van der Waals surface area contributed by atoms with E-state index < -0.39 is 0 Å². The smallest absolute Gasteiger partial charge is 0.0780 e. The van der Waals surface area contributed by atoms with Crippen molar-refractivity contribution in [3.63, 3.8) is 0 Å². The van der Waals surface area contributed by atoms with E-state index in [-0.39, 0.29) is 5.60 Å². The highest BCUT2D eigenvalue weighted by Crippen LogP contribution is 2.35. The van der Waals surface area contributed by atoms with Gasteiger partial charge in [-0.2, -0.15) is 0 Å². The van der Waals surface area contributed by atoms with Gasteiger partial charge in [0.25, 0.3) is 0 Å². The summed E-state index contributed by atoms with van der Waals surface area (Å²) in [7, 11) is 1.68. The first kappa shape index (κ1) is 15.4. The molecule has 0 amide bonds. The molecule has 17 heavy (non-hydrogen) atoms. The molecule has 1 fully saturated rings. The van der Waals surface area contributed by atoms with E-state index in [0.717, 1.165) is 24.1 Å².